The molecule has 0 unspecified atom stereocenters. The zero-order valence-corrected chi connectivity index (χ0v) is 14.1. The zero-order valence-electron chi connectivity index (χ0n) is 13.4. The average Bonchev–Trinajstić information content (AvgIpc) is 3.26. The van der Waals surface area contributed by atoms with Crippen LogP contribution in [-0.2, 0) is 11.3 Å². The first kappa shape index (κ1) is 16.6. The van der Waals surface area contributed by atoms with E-state index in [0.29, 0.717) is 6.04 Å². The molecule has 4 heteroatoms. The van der Waals surface area contributed by atoms with Crippen molar-refractivity contribution in [1.82, 2.24) is 5.32 Å². The maximum Gasteiger partial charge on any atom is 0.0641 e. The van der Waals surface area contributed by atoms with Crippen molar-refractivity contribution >= 4 is 17.3 Å². The van der Waals surface area contributed by atoms with Crippen molar-refractivity contribution in [2.75, 3.05) is 31.7 Å². The van der Waals surface area contributed by atoms with E-state index in [1.165, 1.54) is 12.8 Å². The quantitative estimate of drug-likeness (QED) is 0.704. The van der Waals surface area contributed by atoms with Crippen molar-refractivity contribution in [1.29, 1.82) is 0 Å². The molecule has 1 aromatic carbocycles. The Hall–Kier alpha value is -0.770. The van der Waals surface area contributed by atoms with Crippen molar-refractivity contribution in [3.05, 3.63) is 28.8 Å². The topological polar surface area (TPSA) is 24.5 Å². The molecule has 1 aliphatic rings. The number of halogens is 1. The lowest BCUT2D eigenvalue weighted by atomic mass is 10.2. The van der Waals surface area contributed by atoms with Crippen molar-refractivity contribution in [2.24, 2.45) is 5.92 Å². The highest BCUT2D eigenvalue weighted by molar-refractivity contribution is 6.31. The Morgan fingerprint density at radius 2 is 2.14 bits per heavy atom. The van der Waals surface area contributed by atoms with Crippen LogP contribution in [0.5, 0.6) is 0 Å². The summed E-state index contributed by atoms with van der Waals surface area (Å²) in [5.41, 5.74) is 2.29. The fourth-order valence-electron chi connectivity index (χ4n) is 2.10. The standard InChI is InChI=1S/C17H27ClN2O/c1-13(2)19-11-15-6-7-16(10-17(15)18)20(3)8-9-21-12-14-4-5-14/h6-7,10,13-14,19H,4-5,8-9,11-12H2,1-3H3. The molecule has 0 amide bonds. The lowest BCUT2D eigenvalue weighted by molar-refractivity contribution is 0.131. The minimum absolute atomic E-state index is 0.465. The van der Waals surface area contributed by atoms with Crippen LogP contribution in [0.3, 0.4) is 0 Å². The van der Waals surface area contributed by atoms with Gasteiger partial charge in [0.25, 0.3) is 0 Å². The van der Waals surface area contributed by atoms with Gasteiger partial charge in [-0.15, -0.1) is 0 Å². The highest BCUT2D eigenvalue weighted by atomic mass is 35.5. The van der Waals surface area contributed by atoms with Gasteiger partial charge in [-0.25, -0.2) is 0 Å². The van der Waals surface area contributed by atoms with E-state index < -0.39 is 0 Å². The molecule has 0 aromatic heterocycles. The normalized spacial score (nSPS) is 14.7. The van der Waals surface area contributed by atoms with E-state index in [1.54, 1.807) is 0 Å². The highest BCUT2D eigenvalue weighted by Crippen LogP contribution is 2.28. The molecule has 21 heavy (non-hydrogen) atoms. The van der Waals surface area contributed by atoms with E-state index >= 15 is 0 Å². The number of benzene rings is 1. The Bertz CT molecular complexity index is 446. The van der Waals surface area contributed by atoms with E-state index in [2.05, 4.69) is 43.2 Å². The van der Waals surface area contributed by atoms with Crippen LogP contribution < -0.4 is 10.2 Å². The van der Waals surface area contributed by atoms with E-state index in [-0.39, 0.29) is 0 Å². The molecule has 0 spiro atoms. The first-order valence-corrected chi connectivity index (χ1v) is 8.24. The summed E-state index contributed by atoms with van der Waals surface area (Å²) < 4.78 is 5.68. The SMILES string of the molecule is CC(C)NCc1ccc(N(C)CCOCC2CC2)cc1Cl. The molecule has 1 aliphatic carbocycles. The van der Waals surface area contributed by atoms with Gasteiger partial charge in [-0.05, 0) is 36.5 Å². The maximum atomic E-state index is 6.37. The summed E-state index contributed by atoms with van der Waals surface area (Å²) in [7, 11) is 2.08. The third kappa shape index (κ3) is 5.85. The van der Waals surface area contributed by atoms with Crippen LogP contribution in [0.15, 0.2) is 18.2 Å². The predicted molar refractivity (Wildman–Crippen MR) is 90.2 cm³/mol. The first-order chi connectivity index (χ1) is 10.1. The van der Waals surface area contributed by atoms with Gasteiger partial charge in [0.05, 0.1) is 6.61 Å². The summed E-state index contributed by atoms with van der Waals surface area (Å²) in [4.78, 5) is 2.19. The van der Waals surface area contributed by atoms with Gasteiger partial charge in [-0.3, -0.25) is 0 Å². The Labute approximate surface area is 133 Å². The zero-order chi connectivity index (χ0) is 15.2. The number of anilines is 1. The third-order valence-corrected chi connectivity index (χ3v) is 4.15. The summed E-state index contributed by atoms with van der Waals surface area (Å²) in [6.45, 7) is 7.68. The molecule has 0 saturated heterocycles. The molecule has 0 bridgehead atoms. The van der Waals surface area contributed by atoms with E-state index in [9.17, 15) is 0 Å². The minimum Gasteiger partial charge on any atom is -0.379 e. The van der Waals surface area contributed by atoms with Crippen LogP contribution in [0.2, 0.25) is 5.02 Å². The monoisotopic (exact) mass is 310 g/mol. The molecule has 1 N–H and O–H groups in total. The van der Waals surface area contributed by atoms with Crippen molar-refractivity contribution in [3.63, 3.8) is 0 Å². The van der Waals surface area contributed by atoms with Gasteiger partial charge in [0.2, 0.25) is 0 Å². The number of ether oxygens (including phenoxy) is 1. The van der Waals surface area contributed by atoms with Crippen molar-refractivity contribution in [3.8, 4) is 0 Å². The molecule has 0 radical (unpaired) electrons. The van der Waals surface area contributed by atoms with Crippen LogP contribution in [0, 0.1) is 5.92 Å². The Balaban J connectivity index is 1.79. The number of hydrogen-bond donors (Lipinski definition) is 1. The molecule has 1 aromatic rings. The second-order valence-corrected chi connectivity index (χ2v) is 6.66. The lowest BCUT2D eigenvalue weighted by Crippen LogP contribution is -2.24. The second-order valence-electron chi connectivity index (χ2n) is 6.25. The molecule has 0 atom stereocenters. The van der Waals surface area contributed by atoms with E-state index in [0.717, 1.165) is 48.5 Å². The van der Waals surface area contributed by atoms with Gasteiger partial charge in [-0.2, -0.15) is 0 Å². The maximum absolute atomic E-state index is 6.37. The summed E-state index contributed by atoms with van der Waals surface area (Å²) in [5.74, 6) is 0.831. The van der Waals surface area contributed by atoms with Crippen LogP contribution in [-0.4, -0.2) is 32.8 Å². The Morgan fingerprint density at radius 1 is 1.38 bits per heavy atom. The van der Waals surface area contributed by atoms with Crippen LogP contribution in [0.1, 0.15) is 32.3 Å². The summed E-state index contributed by atoms with van der Waals surface area (Å²) in [6, 6.07) is 6.74. The van der Waals surface area contributed by atoms with E-state index in [4.69, 9.17) is 16.3 Å². The van der Waals surface area contributed by atoms with Crippen molar-refractivity contribution in [2.45, 2.75) is 39.3 Å². The Kier molecular flexibility index (Phi) is 6.34. The fourth-order valence-corrected chi connectivity index (χ4v) is 2.34. The number of nitrogens with one attached hydrogen (secondary N) is 1. The van der Waals surface area contributed by atoms with Gasteiger partial charge in [0.15, 0.2) is 0 Å². The molecular formula is C17H27ClN2O. The van der Waals surface area contributed by atoms with Crippen LogP contribution in [0.4, 0.5) is 5.69 Å². The number of rotatable bonds is 9. The number of nitrogens with zero attached hydrogens (tertiary/aromatic N) is 1. The molecule has 3 nitrogen and oxygen atoms in total. The summed E-state index contributed by atoms with van der Waals surface area (Å²) >= 11 is 6.37. The highest BCUT2D eigenvalue weighted by Gasteiger charge is 2.20. The summed E-state index contributed by atoms with van der Waals surface area (Å²) in [5, 5.41) is 4.22. The van der Waals surface area contributed by atoms with Gasteiger partial charge in [0, 0.05) is 43.5 Å². The smallest absolute Gasteiger partial charge is 0.0641 e. The first-order valence-electron chi connectivity index (χ1n) is 7.87. The van der Waals surface area contributed by atoms with Gasteiger partial charge in [-0.1, -0.05) is 31.5 Å². The molecular weight excluding hydrogens is 284 g/mol. The largest absolute Gasteiger partial charge is 0.379 e. The van der Waals surface area contributed by atoms with Crippen LogP contribution >= 0.6 is 11.6 Å². The fraction of sp³-hybridized carbons (Fsp3) is 0.647. The number of hydrogen-bond acceptors (Lipinski definition) is 3. The van der Waals surface area contributed by atoms with Gasteiger partial charge in [0.1, 0.15) is 0 Å². The van der Waals surface area contributed by atoms with Gasteiger partial charge >= 0.3 is 0 Å². The van der Waals surface area contributed by atoms with Gasteiger partial charge < -0.3 is 15.0 Å². The Morgan fingerprint density at radius 3 is 2.76 bits per heavy atom. The minimum atomic E-state index is 0.465. The van der Waals surface area contributed by atoms with Crippen molar-refractivity contribution < 1.29 is 4.74 Å². The average molecular weight is 311 g/mol. The molecule has 1 fully saturated rings. The molecule has 118 valence electrons. The molecule has 0 heterocycles. The molecule has 2 rings (SSSR count). The number of likely N-dealkylation sites (N-methyl/N-ethyl adjacent to an activating group) is 1. The third-order valence-electron chi connectivity index (χ3n) is 3.80. The summed E-state index contributed by atoms with van der Waals surface area (Å²) in [6.07, 6.45) is 2.69. The van der Waals surface area contributed by atoms with Crippen LogP contribution in [0.25, 0.3) is 0 Å². The second kappa shape index (κ2) is 8.02. The molecule has 0 aliphatic heterocycles. The van der Waals surface area contributed by atoms with E-state index in [1.807, 2.05) is 6.07 Å². The molecule has 1 saturated carbocycles. The predicted octanol–water partition coefficient (Wildman–Crippen LogP) is 3.70. The lowest BCUT2D eigenvalue weighted by Gasteiger charge is -2.20.